The number of rotatable bonds is 49. The van der Waals surface area contributed by atoms with Crippen molar-refractivity contribution in [2.24, 2.45) is 0 Å². The van der Waals surface area contributed by atoms with Crippen LogP contribution in [0.5, 0.6) is 0 Å². The normalized spacial score (nSPS) is 12.9. The molecular weight excluding hydrogens is 789 g/mol. The van der Waals surface area contributed by atoms with Gasteiger partial charge in [0.05, 0.1) is 6.61 Å². The van der Waals surface area contributed by atoms with Crippen LogP contribution in [0, 0.1) is 0 Å². The summed E-state index contributed by atoms with van der Waals surface area (Å²) in [4.78, 5) is 25.4. The number of hydrogen-bond acceptors (Lipinski definition) is 5. The van der Waals surface area contributed by atoms with Crippen molar-refractivity contribution in [3.8, 4) is 0 Å². The zero-order chi connectivity index (χ0) is 46.3. The van der Waals surface area contributed by atoms with Gasteiger partial charge in [-0.2, -0.15) is 0 Å². The quantitative estimate of drug-likeness (QED) is 0.0346. The van der Waals surface area contributed by atoms with Crippen LogP contribution in [0.3, 0.4) is 0 Å². The van der Waals surface area contributed by atoms with Crippen molar-refractivity contribution in [2.45, 2.75) is 258 Å². The van der Waals surface area contributed by atoms with Gasteiger partial charge in [-0.15, -0.1) is 0 Å². The topological polar surface area (TPSA) is 61.8 Å². The molecule has 0 N–H and O–H groups in total. The number of esters is 2. The molecule has 0 rings (SSSR count). The Hall–Kier alpha value is -2.92. The highest BCUT2D eigenvalue weighted by molar-refractivity contribution is 5.70. The van der Waals surface area contributed by atoms with Crippen molar-refractivity contribution in [3.05, 3.63) is 85.1 Å². The lowest BCUT2D eigenvalue weighted by atomic mass is 10.1. The molecule has 0 spiro atoms. The summed E-state index contributed by atoms with van der Waals surface area (Å²) in [5, 5.41) is 0. The molecule has 368 valence electrons. The van der Waals surface area contributed by atoms with E-state index in [1.54, 1.807) is 0 Å². The largest absolute Gasteiger partial charge is 0.462 e. The molecule has 0 aromatic rings. The summed E-state index contributed by atoms with van der Waals surface area (Å²) in [5.41, 5.74) is 0. The maximum absolute atomic E-state index is 12.8. The summed E-state index contributed by atoms with van der Waals surface area (Å²) in [6, 6.07) is 0. The molecule has 5 heteroatoms. The van der Waals surface area contributed by atoms with E-state index < -0.39 is 6.10 Å². The number of carbonyl (C=O) groups excluding carboxylic acids is 2. The lowest BCUT2D eigenvalue weighted by Gasteiger charge is -2.18. The Morgan fingerprint density at radius 1 is 0.359 bits per heavy atom. The maximum atomic E-state index is 12.8. The smallest absolute Gasteiger partial charge is 0.306 e. The summed E-state index contributed by atoms with van der Waals surface area (Å²) in [6.45, 7) is 7.63. The minimum atomic E-state index is -0.557. The number of unbranched alkanes of at least 4 members (excludes halogenated alkanes) is 24. The highest BCUT2D eigenvalue weighted by Gasteiger charge is 2.17. The Labute approximate surface area is 397 Å². The predicted molar refractivity (Wildman–Crippen MR) is 279 cm³/mol. The van der Waals surface area contributed by atoms with Crippen molar-refractivity contribution < 1.29 is 23.8 Å². The summed E-state index contributed by atoms with van der Waals surface area (Å²) < 4.78 is 17.4. The van der Waals surface area contributed by atoms with Gasteiger partial charge >= 0.3 is 11.9 Å². The lowest BCUT2D eigenvalue weighted by Crippen LogP contribution is -2.30. The second kappa shape index (κ2) is 54.4. The Bertz CT molecular complexity index is 1190. The van der Waals surface area contributed by atoms with E-state index in [0.29, 0.717) is 19.4 Å². The van der Waals surface area contributed by atoms with Crippen LogP contribution in [-0.4, -0.2) is 37.9 Å². The molecule has 0 heterocycles. The Balaban J connectivity index is 4.33. The zero-order valence-electron chi connectivity index (χ0n) is 42.3. The van der Waals surface area contributed by atoms with Gasteiger partial charge in [0.1, 0.15) is 6.61 Å². The van der Waals surface area contributed by atoms with E-state index in [9.17, 15) is 9.59 Å². The first-order valence-corrected chi connectivity index (χ1v) is 27.1. The monoisotopic (exact) mass is 891 g/mol. The molecule has 0 aliphatic heterocycles. The van der Waals surface area contributed by atoms with Crippen LogP contribution >= 0.6 is 0 Å². The number of allylic oxidation sites excluding steroid dienone is 14. The van der Waals surface area contributed by atoms with Crippen LogP contribution in [0.15, 0.2) is 85.1 Å². The first-order chi connectivity index (χ1) is 31.6. The van der Waals surface area contributed by atoms with Gasteiger partial charge in [-0.25, -0.2) is 0 Å². The Kier molecular flexibility index (Phi) is 51.9. The molecule has 64 heavy (non-hydrogen) atoms. The van der Waals surface area contributed by atoms with E-state index >= 15 is 0 Å². The van der Waals surface area contributed by atoms with E-state index in [2.05, 4.69) is 106 Å². The van der Waals surface area contributed by atoms with Crippen LogP contribution in [-0.2, 0) is 23.8 Å². The minimum absolute atomic E-state index is 0.0663. The third-order valence-electron chi connectivity index (χ3n) is 11.4. The van der Waals surface area contributed by atoms with Gasteiger partial charge < -0.3 is 14.2 Å². The van der Waals surface area contributed by atoms with E-state index in [0.717, 1.165) is 96.3 Å². The molecule has 0 bridgehead atoms. The van der Waals surface area contributed by atoms with Gasteiger partial charge in [0.15, 0.2) is 6.10 Å². The molecule has 0 aliphatic rings. The van der Waals surface area contributed by atoms with Crippen molar-refractivity contribution in [1.29, 1.82) is 0 Å². The van der Waals surface area contributed by atoms with E-state index in [1.165, 1.54) is 122 Å². The molecule has 0 aliphatic carbocycles. The maximum Gasteiger partial charge on any atom is 0.306 e. The predicted octanol–water partition coefficient (Wildman–Crippen LogP) is 18.5. The molecular formula is C59H102O5. The average Bonchev–Trinajstić information content (AvgIpc) is 3.30. The molecule has 0 radical (unpaired) electrons. The van der Waals surface area contributed by atoms with Crippen LogP contribution in [0.1, 0.15) is 252 Å². The molecule has 5 nitrogen and oxygen atoms in total. The summed E-state index contributed by atoms with van der Waals surface area (Å²) in [6.07, 6.45) is 71.6. The minimum Gasteiger partial charge on any atom is -0.462 e. The number of carbonyl (C=O) groups is 2. The molecule has 0 aromatic carbocycles. The fourth-order valence-electron chi connectivity index (χ4n) is 7.35. The molecule has 0 fully saturated rings. The molecule has 0 amide bonds. The van der Waals surface area contributed by atoms with Crippen LogP contribution < -0.4 is 0 Å². The van der Waals surface area contributed by atoms with Gasteiger partial charge in [0.25, 0.3) is 0 Å². The third kappa shape index (κ3) is 51.7. The molecule has 0 saturated carbocycles. The molecule has 1 unspecified atom stereocenters. The summed E-state index contributed by atoms with van der Waals surface area (Å²) >= 11 is 0. The first kappa shape index (κ1) is 61.1. The van der Waals surface area contributed by atoms with Gasteiger partial charge in [-0.05, 0) is 116 Å². The average molecular weight is 891 g/mol. The van der Waals surface area contributed by atoms with Crippen molar-refractivity contribution in [3.63, 3.8) is 0 Å². The van der Waals surface area contributed by atoms with Crippen LogP contribution in [0.25, 0.3) is 0 Å². The first-order valence-electron chi connectivity index (χ1n) is 27.1. The second-order valence-electron chi connectivity index (χ2n) is 17.7. The molecule has 1 atom stereocenters. The van der Waals surface area contributed by atoms with Crippen molar-refractivity contribution >= 4 is 11.9 Å². The molecule has 0 aromatic heterocycles. The fourth-order valence-corrected chi connectivity index (χ4v) is 7.35. The van der Waals surface area contributed by atoms with Crippen molar-refractivity contribution in [2.75, 3.05) is 19.8 Å². The van der Waals surface area contributed by atoms with E-state index in [1.807, 2.05) is 0 Å². The van der Waals surface area contributed by atoms with Gasteiger partial charge in [-0.1, -0.05) is 209 Å². The van der Waals surface area contributed by atoms with Gasteiger partial charge in [0, 0.05) is 19.4 Å². The third-order valence-corrected chi connectivity index (χ3v) is 11.4. The van der Waals surface area contributed by atoms with Crippen LogP contribution in [0.4, 0.5) is 0 Å². The zero-order valence-corrected chi connectivity index (χ0v) is 42.3. The number of ether oxygens (including phenoxy) is 3. The SMILES string of the molecule is CC/C=C\C/C=C\C/C=C\CCCCCCCCCCOCC(COC(=O)CCCCCCC/C=C\C/C=C\CCCCC)OC(=O)CCCCCCC/C=C\C/C=C\CCCCC. The van der Waals surface area contributed by atoms with Crippen molar-refractivity contribution in [1.82, 2.24) is 0 Å². The van der Waals surface area contributed by atoms with Gasteiger partial charge in [0.2, 0.25) is 0 Å². The van der Waals surface area contributed by atoms with E-state index in [-0.39, 0.29) is 25.2 Å². The molecule has 0 saturated heterocycles. The number of hydrogen-bond donors (Lipinski definition) is 0. The standard InChI is InChI=1S/C59H102O5/c1-4-7-10-13-16-19-22-25-28-29-30-33-36-39-42-45-48-51-54-62-55-57(64-59(61)53-50-47-44-41-38-35-32-27-24-21-18-15-12-9-6-3)56-63-58(60)52-49-46-43-40-37-34-31-26-23-20-17-14-11-8-5-2/h7,10,16-21,25-28,31-32,57H,4-6,8-9,11-15,22-24,29-30,33-56H2,1-3H3/b10-7-,19-16-,20-17-,21-18-,28-25-,31-26-,32-27-. The van der Waals surface area contributed by atoms with Gasteiger partial charge in [-0.3, -0.25) is 9.59 Å². The van der Waals surface area contributed by atoms with E-state index in [4.69, 9.17) is 14.2 Å². The highest BCUT2D eigenvalue weighted by Crippen LogP contribution is 2.14. The van der Waals surface area contributed by atoms with Crippen LogP contribution in [0.2, 0.25) is 0 Å². The second-order valence-corrected chi connectivity index (χ2v) is 17.7. The highest BCUT2D eigenvalue weighted by atomic mass is 16.6. The fraction of sp³-hybridized carbons (Fsp3) is 0.729. The summed E-state index contributed by atoms with van der Waals surface area (Å²) in [7, 11) is 0. The Morgan fingerprint density at radius 3 is 1.12 bits per heavy atom. The summed E-state index contributed by atoms with van der Waals surface area (Å²) in [5.74, 6) is -0.431. The Morgan fingerprint density at radius 2 is 0.703 bits per heavy atom. The lowest BCUT2D eigenvalue weighted by molar-refractivity contribution is -0.163.